The van der Waals surface area contributed by atoms with E-state index in [2.05, 4.69) is 26.2 Å². The average Bonchev–Trinajstić information content (AvgIpc) is 3.20. The average molecular weight is 499 g/mol. The van der Waals surface area contributed by atoms with Crippen LogP contribution in [0.25, 0.3) is 11.5 Å². The maximum Gasteiger partial charge on any atom is 0.238 e. The van der Waals surface area contributed by atoms with E-state index in [-0.39, 0.29) is 21.7 Å². The lowest BCUT2D eigenvalue weighted by Gasteiger charge is -2.06. The smallest absolute Gasteiger partial charge is 0.238 e. The Morgan fingerprint density at radius 2 is 1.58 bits per heavy atom. The molecule has 1 heterocycles. The molecule has 1 aromatic heterocycles. The fourth-order valence-corrected chi connectivity index (χ4v) is 4.44. The molecule has 0 radical (unpaired) electrons. The van der Waals surface area contributed by atoms with Crippen LogP contribution in [-0.4, -0.2) is 20.5 Å². The molecule has 0 aliphatic carbocycles. The molecule has 31 heavy (non-hydrogen) atoms. The van der Waals surface area contributed by atoms with E-state index in [1.807, 2.05) is 31.2 Å². The molecular formula is C23H19BrN2O4S. The van der Waals surface area contributed by atoms with Crippen molar-refractivity contribution in [3.63, 3.8) is 0 Å². The summed E-state index contributed by atoms with van der Waals surface area (Å²) in [7, 11) is -2.35. The van der Waals surface area contributed by atoms with E-state index in [0.717, 1.165) is 10.0 Å². The highest BCUT2D eigenvalue weighted by Gasteiger charge is 2.28. The van der Waals surface area contributed by atoms with Crippen LogP contribution < -0.4 is 10.1 Å². The summed E-state index contributed by atoms with van der Waals surface area (Å²) in [6.45, 7) is 1.98. The number of rotatable bonds is 6. The third-order valence-corrected chi connectivity index (χ3v) is 6.83. The Balaban J connectivity index is 1.81. The Morgan fingerprint density at radius 1 is 0.935 bits per heavy atom. The molecule has 0 fully saturated rings. The van der Waals surface area contributed by atoms with Crippen LogP contribution >= 0.6 is 15.9 Å². The molecule has 4 rings (SSSR count). The molecule has 0 aliphatic rings. The van der Waals surface area contributed by atoms with Gasteiger partial charge in [0, 0.05) is 15.7 Å². The molecule has 6 nitrogen and oxygen atoms in total. The maximum atomic E-state index is 13.4. The first-order valence-corrected chi connectivity index (χ1v) is 11.6. The van der Waals surface area contributed by atoms with Crippen LogP contribution in [0.3, 0.4) is 0 Å². The minimum atomic E-state index is -3.93. The van der Waals surface area contributed by atoms with Gasteiger partial charge in [0.1, 0.15) is 5.75 Å². The summed E-state index contributed by atoms with van der Waals surface area (Å²) < 4.78 is 38.6. The third kappa shape index (κ3) is 4.50. The van der Waals surface area contributed by atoms with Gasteiger partial charge in [-0.25, -0.2) is 8.42 Å². The Labute approximate surface area is 189 Å². The molecular weight excluding hydrogens is 480 g/mol. The van der Waals surface area contributed by atoms with Gasteiger partial charge < -0.3 is 14.5 Å². The number of halogens is 1. The molecule has 3 aromatic carbocycles. The molecule has 8 heteroatoms. The number of aryl methyl sites for hydroxylation is 1. The number of sulfone groups is 1. The standard InChI is InChI=1S/C23H19BrN2O4S/c1-15-3-9-18(10-4-15)25-22-23(31(27,28)20-13-7-17(24)8-14-20)26-21(30-22)16-5-11-19(29-2)12-6-16/h3-14,25H,1-2H3. The van der Waals surface area contributed by atoms with E-state index < -0.39 is 9.84 Å². The fourth-order valence-electron chi connectivity index (χ4n) is 2.92. The summed E-state index contributed by atoms with van der Waals surface area (Å²) in [5.41, 5.74) is 2.41. The molecule has 1 N–H and O–H groups in total. The van der Waals surface area contributed by atoms with E-state index in [9.17, 15) is 8.42 Å². The molecule has 0 aliphatic heterocycles. The zero-order chi connectivity index (χ0) is 22.0. The van der Waals surface area contributed by atoms with Gasteiger partial charge in [-0.2, -0.15) is 4.98 Å². The normalized spacial score (nSPS) is 11.3. The monoisotopic (exact) mass is 498 g/mol. The van der Waals surface area contributed by atoms with Crippen LogP contribution in [0.15, 0.2) is 91.6 Å². The number of ether oxygens (including phenoxy) is 1. The summed E-state index contributed by atoms with van der Waals surface area (Å²) in [5.74, 6) is 0.918. The highest BCUT2D eigenvalue weighted by atomic mass is 79.9. The minimum absolute atomic E-state index is 0.0533. The Kier molecular flexibility index (Phi) is 5.84. The Bertz CT molecular complexity index is 1300. The third-order valence-electron chi connectivity index (χ3n) is 4.62. The lowest BCUT2D eigenvalue weighted by molar-refractivity contribution is 0.415. The van der Waals surface area contributed by atoms with Gasteiger partial charge in [-0.05, 0) is 67.6 Å². The maximum absolute atomic E-state index is 13.4. The Morgan fingerprint density at radius 3 is 2.19 bits per heavy atom. The van der Waals surface area contributed by atoms with E-state index >= 15 is 0 Å². The van der Waals surface area contributed by atoms with Gasteiger partial charge in [0.25, 0.3) is 0 Å². The zero-order valence-electron chi connectivity index (χ0n) is 16.8. The van der Waals surface area contributed by atoms with Crippen molar-refractivity contribution in [2.45, 2.75) is 16.8 Å². The molecule has 0 unspecified atom stereocenters. The van der Waals surface area contributed by atoms with Crippen molar-refractivity contribution in [2.24, 2.45) is 0 Å². The first-order valence-electron chi connectivity index (χ1n) is 9.36. The van der Waals surface area contributed by atoms with E-state index in [4.69, 9.17) is 9.15 Å². The van der Waals surface area contributed by atoms with Crippen molar-refractivity contribution in [1.29, 1.82) is 0 Å². The lowest BCUT2D eigenvalue weighted by atomic mass is 10.2. The van der Waals surface area contributed by atoms with E-state index in [1.54, 1.807) is 43.5 Å². The molecule has 0 saturated carbocycles. The first kappa shape index (κ1) is 21.1. The predicted molar refractivity (Wildman–Crippen MR) is 123 cm³/mol. The quantitative estimate of drug-likeness (QED) is 0.351. The van der Waals surface area contributed by atoms with Crippen LogP contribution in [0.5, 0.6) is 5.75 Å². The Hall–Kier alpha value is -3.10. The van der Waals surface area contributed by atoms with Crippen LogP contribution in [0.1, 0.15) is 5.56 Å². The summed E-state index contributed by atoms with van der Waals surface area (Å²) in [6.07, 6.45) is 0. The van der Waals surface area contributed by atoms with Crippen LogP contribution in [0.2, 0.25) is 0 Å². The molecule has 4 aromatic rings. The molecule has 0 spiro atoms. The number of anilines is 2. The zero-order valence-corrected chi connectivity index (χ0v) is 19.2. The second-order valence-corrected chi connectivity index (χ2v) is 9.61. The van der Waals surface area contributed by atoms with Crippen molar-refractivity contribution in [3.8, 4) is 17.2 Å². The molecule has 0 saturated heterocycles. The van der Waals surface area contributed by atoms with Crippen LogP contribution in [0.4, 0.5) is 11.6 Å². The van der Waals surface area contributed by atoms with Gasteiger partial charge in [0.15, 0.2) is 0 Å². The summed E-state index contributed by atoms with van der Waals surface area (Å²) in [6, 6.07) is 21.0. The van der Waals surface area contributed by atoms with Gasteiger partial charge in [0.05, 0.1) is 12.0 Å². The number of hydrogen-bond donors (Lipinski definition) is 1. The van der Waals surface area contributed by atoms with E-state index in [1.165, 1.54) is 12.1 Å². The van der Waals surface area contributed by atoms with Crippen molar-refractivity contribution in [2.75, 3.05) is 12.4 Å². The van der Waals surface area contributed by atoms with Gasteiger partial charge in [-0.1, -0.05) is 33.6 Å². The molecule has 0 bridgehead atoms. The summed E-state index contributed by atoms with van der Waals surface area (Å²) >= 11 is 3.33. The van der Waals surface area contributed by atoms with Crippen LogP contribution in [0, 0.1) is 6.92 Å². The van der Waals surface area contributed by atoms with Gasteiger partial charge in [-0.15, -0.1) is 0 Å². The number of benzene rings is 3. The van der Waals surface area contributed by atoms with Crippen molar-refractivity contribution in [3.05, 3.63) is 82.8 Å². The van der Waals surface area contributed by atoms with Gasteiger partial charge in [-0.3, -0.25) is 0 Å². The number of aromatic nitrogens is 1. The van der Waals surface area contributed by atoms with Crippen molar-refractivity contribution < 1.29 is 17.6 Å². The molecule has 0 amide bonds. The highest BCUT2D eigenvalue weighted by Crippen LogP contribution is 2.34. The first-order chi connectivity index (χ1) is 14.9. The van der Waals surface area contributed by atoms with E-state index in [0.29, 0.717) is 17.0 Å². The van der Waals surface area contributed by atoms with Gasteiger partial charge in [0.2, 0.25) is 26.6 Å². The lowest BCUT2D eigenvalue weighted by Crippen LogP contribution is -2.05. The fraction of sp³-hybridized carbons (Fsp3) is 0.0870. The number of methoxy groups -OCH3 is 1. The highest BCUT2D eigenvalue weighted by molar-refractivity contribution is 9.10. The minimum Gasteiger partial charge on any atom is -0.497 e. The topological polar surface area (TPSA) is 81.4 Å². The summed E-state index contributed by atoms with van der Waals surface area (Å²) in [4.78, 5) is 4.47. The van der Waals surface area contributed by atoms with Crippen molar-refractivity contribution >= 4 is 37.3 Å². The number of oxazole rings is 1. The largest absolute Gasteiger partial charge is 0.497 e. The summed E-state index contributed by atoms with van der Waals surface area (Å²) in [5, 5.41) is 2.88. The predicted octanol–water partition coefficient (Wildman–Crippen LogP) is 6.00. The SMILES string of the molecule is COc1ccc(-c2nc(S(=O)(=O)c3ccc(Br)cc3)c(Nc3ccc(C)cc3)o2)cc1. The molecule has 158 valence electrons. The number of nitrogens with zero attached hydrogens (tertiary/aromatic N) is 1. The van der Waals surface area contributed by atoms with Gasteiger partial charge >= 0.3 is 0 Å². The van der Waals surface area contributed by atoms with Crippen LogP contribution in [-0.2, 0) is 9.84 Å². The second-order valence-electron chi connectivity index (χ2n) is 6.83. The second kappa shape index (κ2) is 8.56. The number of hydrogen-bond acceptors (Lipinski definition) is 6. The van der Waals surface area contributed by atoms with Crippen molar-refractivity contribution in [1.82, 2.24) is 4.98 Å². The molecule has 0 atom stereocenters. The number of nitrogens with one attached hydrogen (secondary N) is 1.